The zero-order valence-corrected chi connectivity index (χ0v) is 12.1. The lowest BCUT2D eigenvalue weighted by molar-refractivity contribution is -0.388. The van der Waals surface area contributed by atoms with E-state index in [4.69, 9.17) is 0 Å². The molecule has 9 heteroatoms. The molecule has 102 valence electrons. The van der Waals surface area contributed by atoms with Gasteiger partial charge in [-0.15, -0.1) is 0 Å². The fraction of sp³-hybridized carbons (Fsp3) is 0. The van der Waals surface area contributed by atoms with Gasteiger partial charge in [-0.3, -0.25) is 20.2 Å². The molecule has 0 N–H and O–H groups in total. The molecule has 0 saturated carbocycles. The summed E-state index contributed by atoms with van der Waals surface area (Å²) in [6, 6.07) is 7.33. The van der Waals surface area contributed by atoms with Gasteiger partial charge in [0.15, 0.2) is 5.03 Å². The van der Waals surface area contributed by atoms with Gasteiger partial charge < -0.3 is 0 Å². The minimum atomic E-state index is -0.575. The standard InChI is InChI=1S/C11H6BrN3O4S/c12-7-5-9(15(18)19)11(13-6-7)20-10-4-2-1-3-8(10)14(16)17/h1-6H. The highest BCUT2D eigenvalue weighted by molar-refractivity contribution is 9.10. The molecule has 0 aliphatic heterocycles. The van der Waals surface area contributed by atoms with Crippen LogP contribution in [0.2, 0.25) is 0 Å². The second-order valence-corrected chi connectivity index (χ2v) is 5.51. The van der Waals surface area contributed by atoms with E-state index in [2.05, 4.69) is 20.9 Å². The summed E-state index contributed by atoms with van der Waals surface area (Å²) >= 11 is 3.99. The number of para-hydroxylation sites is 1. The van der Waals surface area contributed by atoms with Crippen LogP contribution in [0.5, 0.6) is 0 Å². The van der Waals surface area contributed by atoms with E-state index in [0.29, 0.717) is 9.37 Å². The van der Waals surface area contributed by atoms with Crippen molar-refractivity contribution in [1.82, 2.24) is 4.98 Å². The Hall–Kier alpha value is -2.00. The summed E-state index contributed by atoms with van der Waals surface area (Å²) < 4.78 is 0.469. The second-order valence-electron chi connectivity index (χ2n) is 3.56. The molecule has 1 aromatic carbocycles. The van der Waals surface area contributed by atoms with Crippen LogP contribution in [0, 0.1) is 20.2 Å². The molecule has 1 aromatic heterocycles. The lowest BCUT2D eigenvalue weighted by Crippen LogP contribution is -1.95. The van der Waals surface area contributed by atoms with Crippen molar-refractivity contribution in [2.24, 2.45) is 0 Å². The first-order chi connectivity index (χ1) is 9.49. The van der Waals surface area contributed by atoms with E-state index in [1.54, 1.807) is 6.07 Å². The average molecular weight is 356 g/mol. The van der Waals surface area contributed by atoms with E-state index in [1.165, 1.54) is 30.5 Å². The van der Waals surface area contributed by atoms with E-state index in [0.717, 1.165) is 11.8 Å². The lowest BCUT2D eigenvalue weighted by atomic mass is 10.3. The molecule has 0 aliphatic rings. The number of benzene rings is 1. The first-order valence-corrected chi connectivity index (χ1v) is 6.81. The third-order valence-corrected chi connectivity index (χ3v) is 3.77. The van der Waals surface area contributed by atoms with Crippen LogP contribution in [0.1, 0.15) is 0 Å². The summed E-state index contributed by atoms with van der Waals surface area (Å²) in [7, 11) is 0. The van der Waals surface area contributed by atoms with Crippen LogP contribution < -0.4 is 0 Å². The van der Waals surface area contributed by atoms with Gasteiger partial charge >= 0.3 is 5.69 Å². The molecular weight excluding hydrogens is 350 g/mol. The van der Waals surface area contributed by atoms with E-state index < -0.39 is 9.85 Å². The minimum absolute atomic E-state index is 0.104. The van der Waals surface area contributed by atoms with Gasteiger partial charge in [0.2, 0.25) is 0 Å². The number of pyridine rings is 1. The summed E-state index contributed by atoms with van der Waals surface area (Å²) in [5.74, 6) is 0. The molecule has 0 radical (unpaired) electrons. The Bertz CT molecular complexity index is 695. The highest BCUT2D eigenvalue weighted by atomic mass is 79.9. The van der Waals surface area contributed by atoms with Crippen molar-refractivity contribution in [1.29, 1.82) is 0 Å². The Balaban J connectivity index is 2.45. The van der Waals surface area contributed by atoms with E-state index >= 15 is 0 Å². The van der Waals surface area contributed by atoms with Gasteiger partial charge in [0.1, 0.15) is 0 Å². The highest BCUT2D eigenvalue weighted by Crippen LogP contribution is 2.38. The van der Waals surface area contributed by atoms with E-state index in [1.807, 2.05) is 0 Å². The SMILES string of the molecule is O=[N+]([O-])c1ccccc1Sc1ncc(Br)cc1[N+](=O)[O-]. The number of nitrogens with zero attached hydrogens (tertiary/aromatic N) is 3. The number of hydrogen-bond donors (Lipinski definition) is 0. The highest BCUT2D eigenvalue weighted by Gasteiger charge is 2.21. The van der Waals surface area contributed by atoms with Crippen LogP contribution in [0.15, 0.2) is 50.9 Å². The van der Waals surface area contributed by atoms with Crippen LogP contribution in [0.25, 0.3) is 0 Å². The number of aromatic nitrogens is 1. The molecule has 0 aliphatic carbocycles. The smallest absolute Gasteiger partial charge is 0.258 e. The Labute approximate surface area is 125 Å². The monoisotopic (exact) mass is 355 g/mol. The fourth-order valence-electron chi connectivity index (χ4n) is 1.42. The van der Waals surface area contributed by atoms with Crippen molar-refractivity contribution in [3.05, 3.63) is 61.2 Å². The lowest BCUT2D eigenvalue weighted by Gasteiger charge is -2.03. The van der Waals surface area contributed by atoms with Crippen molar-refractivity contribution in [2.45, 2.75) is 9.92 Å². The zero-order valence-electron chi connectivity index (χ0n) is 9.72. The summed E-state index contributed by atoms with van der Waals surface area (Å²) in [5, 5.41) is 22.0. The molecule has 7 nitrogen and oxygen atoms in total. The molecule has 0 atom stereocenters. The maximum absolute atomic E-state index is 11.0. The Kier molecular flexibility index (Phi) is 4.30. The van der Waals surface area contributed by atoms with Crippen molar-refractivity contribution < 1.29 is 9.85 Å². The average Bonchev–Trinajstić information content (AvgIpc) is 2.41. The van der Waals surface area contributed by atoms with Crippen molar-refractivity contribution in [2.75, 3.05) is 0 Å². The molecular formula is C11H6BrN3O4S. The molecule has 0 fully saturated rings. The summed E-state index contributed by atoms with van der Waals surface area (Å²) in [4.78, 5) is 25.0. The fourth-order valence-corrected chi connectivity index (χ4v) is 2.69. The molecule has 2 rings (SSSR count). The van der Waals surface area contributed by atoms with Crippen LogP contribution >= 0.6 is 27.7 Å². The third-order valence-electron chi connectivity index (χ3n) is 2.26. The number of hydrogen-bond acceptors (Lipinski definition) is 6. The maximum Gasteiger partial charge on any atom is 0.302 e. The Morgan fingerprint density at radius 3 is 2.40 bits per heavy atom. The number of nitro benzene ring substituents is 1. The molecule has 2 aromatic rings. The van der Waals surface area contributed by atoms with Crippen LogP contribution in [-0.4, -0.2) is 14.8 Å². The van der Waals surface area contributed by atoms with Crippen LogP contribution in [0.4, 0.5) is 11.4 Å². The summed E-state index contributed by atoms with van der Waals surface area (Å²) in [6.07, 6.45) is 1.41. The van der Waals surface area contributed by atoms with Crippen LogP contribution in [0.3, 0.4) is 0 Å². The summed E-state index contributed by atoms with van der Waals surface area (Å²) in [5.41, 5.74) is -0.320. The molecule has 0 saturated heterocycles. The molecule has 0 unspecified atom stereocenters. The van der Waals surface area contributed by atoms with Gasteiger partial charge in [-0.2, -0.15) is 0 Å². The maximum atomic E-state index is 11.0. The first-order valence-electron chi connectivity index (χ1n) is 5.20. The zero-order chi connectivity index (χ0) is 14.7. The molecule has 0 spiro atoms. The van der Waals surface area contributed by atoms with Gasteiger partial charge in [-0.1, -0.05) is 23.9 Å². The predicted molar refractivity (Wildman–Crippen MR) is 75.8 cm³/mol. The molecule has 1 heterocycles. The van der Waals surface area contributed by atoms with Gasteiger partial charge in [0.25, 0.3) is 5.69 Å². The minimum Gasteiger partial charge on any atom is -0.258 e. The number of rotatable bonds is 4. The summed E-state index contributed by atoms with van der Waals surface area (Å²) in [6.45, 7) is 0. The van der Waals surface area contributed by atoms with Crippen molar-refractivity contribution >= 4 is 39.1 Å². The number of halogens is 1. The van der Waals surface area contributed by atoms with Gasteiger partial charge in [-0.25, -0.2) is 4.98 Å². The van der Waals surface area contributed by atoms with Gasteiger partial charge in [0.05, 0.1) is 14.7 Å². The normalized spacial score (nSPS) is 10.2. The molecule has 0 amide bonds. The van der Waals surface area contributed by atoms with Gasteiger partial charge in [0, 0.05) is 22.8 Å². The quantitative estimate of drug-likeness (QED) is 0.610. The first kappa shape index (κ1) is 14.4. The van der Waals surface area contributed by atoms with Gasteiger partial charge in [-0.05, 0) is 22.0 Å². The Morgan fingerprint density at radius 1 is 1.10 bits per heavy atom. The largest absolute Gasteiger partial charge is 0.302 e. The second kappa shape index (κ2) is 5.97. The van der Waals surface area contributed by atoms with E-state index in [-0.39, 0.29) is 16.4 Å². The van der Waals surface area contributed by atoms with Crippen LogP contribution in [-0.2, 0) is 0 Å². The van der Waals surface area contributed by atoms with Crippen molar-refractivity contribution in [3.63, 3.8) is 0 Å². The molecule has 20 heavy (non-hydrogen) atoms. The predicted octanol–water partition coefficient (Wildman–Crippen LogP) is 3.81. The molecule has 0 bridgehead atoms. The third kappa shape index (κ3) is 3.11. The van der Waals surface area contributed by atoms with E-state index in [9.17, 15) is 20.2 Å². The Morgan fingerprint density at radius 2 is 1.75 bits per heavy atom. The van der Waals surface area contributed by atoms with Crippen molar-refractivity contribution in [3.8, 4) is 0 Å². The topological polar surface area (TPSA) is 99.2 Å². The number of nitro groups is 2.